The van der Waals surface area contributed by atoms with Gasteiger partial charge in [0.2, 0.25) is 5.91 Å². The number of Topliss-reactive ketones (excluding diaryl/α,β-unsaturated/α-hetero) is 1. The Morgan fingerprint density at radius 2 is 1.59 bits per heavy atom. The van der Waals surface area contributed by atoms with Crippen LogP contribution in [0.15, 0.2) is 90.0 Å². The summed E-state index contributed by atoms with van der Waals surface area (Å²) < 4.78 is 14.9. The Morgan fingerprint density at radius 1 is 0.892 bits per heavy atom. The van der Waals surface area contributed by atoms with Crippen molar-refractivity contribution in [1.82, 2.24) is 9.47 Å². The average Bonchev–Trinajstić information content (AvgIpc) is 3.37. The highest BCUT2D eigenvalue weighted by Crippen LogP contribution is 2.34. The van der Waals surface area contributed by atoms with Gasteiger partial charge in [-0.05, 0) is 48.2 Å². The number of benzene rings is 3. The van der Waals surface area contributed by atoms with E-state index in [1.54, 1.807) is 47.2 Å². The molecular formula is C28H20FN3O4S. The van der Waals surface area contributed by atoms with Crippen molar-refractivity contribution in [2.24, 2.45) is 0 Å². The highest BCUT2D eigenvalue weighted by atomic mass is 32.2. The van der Waals surface area contributed by atoms with Crippen molar-refractivity contribution in [3.8, 4) is 0 Å². The quantitative estimate of drug-likeness (QED) is 0.266. The zero-order valence-electron chi connectivity index (χ0n) is 19.4. The molecule has 0 aliphatic carbocycles. The first-order chi connectivity index (χ1) is 17.9. The number of hydrogen-bond donors (Lipinski definition) is 1. The van der Waals surface area contributed by atoms with E-state index >= 15 is 0 Å². The number of amides is 3. The van der Waals surface area contributed by atoms with Crippen molar-refractivity contribution in [2.45, 2.75) is 6.54 Å². The number of nitrogens with one attached hydrogen (secondary N) is 1. The summed E-state index contributed by atoms with van der Waals surface area (Å²) in [7, 11) is 0. The minimum absolute atomic E-state index is 0.0151. The SMILES string of the molecule is O=C(Cn1cc(/C=C2\SC(=O)N(CC(=O)c3ccccc3)C2=O)c2ccccc21)Nc1ccc(F)cc1. The molecule has 3 amide bonds. The van der Waals surface area contributed by atoms with Gasteiger partial charge in [-0.25, -0.2) is 4.39 Å². The molecule has 1 fully saturated rings. The third-order valence-corrected chi connectivity index (χ3v) is 6.73. The van der Waals surface area contributed by atoms with Crippen LogP contribution in [0.2, 0.25) is 0 Å². The lowest BCUT2D eigenvalue weighted by Crippen LogP contribution is -2.33. The van der Waals surface area contributed by atoms with Crippen molar-refractivity contribution in [2.75, 3.05) is 11.9 Å². The monoisotopic (exact) mass is 513 g/mol. The van der Waals surface area contributed by atoms with Gasteiger partial charge in [0.25, 0.3) is 11.1 Å². The standard InChI is InChI=1S/C28H20FN3O4S/c29-20-10-12-21(13-11-20)30-26(34)17-31-15-19(22-8-4-5-9-23(22)31)14-25-27(35)32(28(36)37-25)16-24(33)18-6-2-1-3-7-18/h1-15H,16-17H2,(H,30,34)/b25-14-. The maximum absolute atomic E-state index is 13.1. The number of ketones is 1. The van der Waals surface area contributed by atoms with E-state index in [2.05, 4.69) is 5.32 Å². The lowest BCUT2D eigenvalue weighted by atomic mass is 10.1. The number of fused-ring (bicyclic) bond motifs is 1. The first-order valence-corrected chi connectivity index (χ1v) is 12.2. The number of carbonyl (C=O) groups is 4. The van der Waals surface area contributed by atoms with Crippen LogP contribution >= 0.6 is 11.8 Å². The smallest absolute Gasteiger partial charge is 0.293 e. The van der Waals surface area contributed by atoms with Gasteiger partial charge in [-0.2, -0.15) is 0 Å². The molecule has 184 valence electrons. The summed E-state index contributed by atoms with van der Waals surface area (Å²) in [6.07, 6.45) is 3.34. The topological polar surface area (TPSA) is 88.5 Å². The molecule has 37 heavy (non-hydrogen) atoms. The maximum Gasteiger partial charge on any atom is 0.293 e. The number of hydrogen-bond acceptors (Lipinski definition) is 5. The first-order valence-electron chi connectivity index (χ1n) is 11.4. The Morgan fingerprint density at radius 3 is 2.35 bits per heavy atom. The zero-order chi connectivity index (χ0) is 25.9. The molecule has 1 aromatic heterocycles. The molecule has 1 saturated heterocycles. The van der Waals surface area contributed by atoms with Gasteiger partial charge in [0, 0.05) is 33.9 Å². The fourth-order valence-corrected chi connectivity index (χ4v) is 4.88. The van der Waals surface area contributed by atoms with E-state index in [0.29, 0.717) is 16.8 Å². The lowest BCUT2D eigenvalue weighted by Gasteiger charge is -2.11. The molecule has 3 aromatic carbocycles. The van der Waals surface area contributed by atoms with E-state index in [1.165, 1.54) is 24.3 Å². The first kappa shape index (κ1) is 24.2. The molecule has 0 bridgehead atoms. The van der Waals surface area contributed by atoms with Gasteiger partial charge >= 0.3 is 0 Å². The van der Waals surface area contributed by atoms with Crippen LogP contribution in [0.25, 0.3) is 17.0 Å². The summed E-state index contributed by atoms with van der Waals surface area (Å²) >= 11 is 0.776. The molecule has 1 aliphatic rings. The predicted molar refractivity (Wildman–Crippen MR) is 140 cm³/mol. The molecular weight excluding hydrogens is 493 g/mol. The second kappa shape index (κ2) is 10.2. The molecule has 1 aliphatic heterocycles. The molecule has 9 heteroatoms. The van der Waals surface area contributed by atoms with E-state index in [1.807, 2.05) is 24.3 Å². The van der Waals surface area contributed by atoms with Gasteiger partial charge in [-0.3, -0.25) is 24.1 Å². The zero-order valence-corrected chi connectivity index (χ0v) is 20.2. The van der Waals surface area contributed by atoms with E-state index in [9.17, 15) is 23.6 Å². The summed E-state index contributed by atoms with van der Waals surface area (Å²) in [6, 6.07) is 21.4. The minimum atomic E-state index is -0.537. The maximum atomic E-state index is 13.1. The number of aromatic nitrogens is 1. The molecule has 0 unspecified atom stereocenters. The molecule has 7 nitrogen and oxygen atoms in total. The predicted octanol–water partition coefficient (Wildman–Crippen LogP) is 5.34. The Kier molecular flexibility index (Phi) is 6.70. The van der Waals surface area contributed by atoms with E-state index in [0.717, 1.165) is 27.6 Å². The van der Waals surface area contributed by atoms with Crippen molar-refractivity contribution in [1.29, 1.82) is 0 Å². The van der Waals surface area contributed by atoms with Gasteiger partial charge in [0.05, 0.1) is 11.4 Å². The summed E-state index contributed by atoms with van der Waals surface area (Å²) in [5, 5.41) is 3.02. The fraction of sp³-hybridized carbons (Fsp3) is 0.0714. The van der Waals surface area contributed by atoms with E-state index in [4.69, 9.17) is 0 Å². The van der Waals surface area contributed by atoms with Crippen LogP contribution in [-0.2, 0) is 16.1 Å². The van der Waals surface area contributed by atoms with Crippen molar-refractivity contribution in [3.63, 3.8) is 0 Å². The van der Waals surface area contributed by atoms with Gasteiger partial charge in [-0.1, -0.05) is 48.5 Å². The van der Waals surface area contributed by atoms with Gasteiger partial charge in [0.15, 0.2) is 5.78 Å². The largest absolute Gasteiger partial charge is 0.337 e. The lowest BCUT2D eigenvalue weighted by molar-refractivity contribution is -0.122. The number of imide groups is 1. The summed E-state index contributed by atoms with van der Waals surface area (Å²) in [4.78, 5) is 51.9. The molecule has 0 saturated carbocycles. The van der Waals surface area contributed by atoms with E-state index < -0.39 is 17.0 Å². The Labute approximate surface area is 215 Å². The number of thioether (sulfide) groups is 1. The summed E-state index contributed by atoms with van der Waals surface area (Å²) in [6.45, 7) is -0.351. The number of anilines is 1. The molecule has 4 aromatic rings. The Balaban J connectivity index is 1.37. The van der Waals surface area contributed by atoms with Gasteiger partial charge in [0.1, 0.15) is 12.4 Å². The van der Waals surface area contributed by atoms with Crippen molar-refractivity contribution < 1.29 is 23.6 Å². The highest BCUT2D eigenvalue weighted by Gasteiger charge is 2.36. The molecule has 1 N–H and O–H groups in total. The number of rotatable bonds is 7. The van der Waals surface area contributed by atoms with Crippen molar-refractivity contribution in [3.05, 3.63) is 107 Å². The van der Waals surface area contributed by atoms with Crippen LogP contribution in [0.1, 0.15) is 15.9 Å². The molecule has 2 heterocycles. The fourth-order valence-electron chi connectivity index (χ4n) is 4.05. The minimum Gasteiger partial charge on any atom is -0.337 e. The van der Waals surface area contributed by atoms with E-state index in [-0.39, 0.29) is 29.7 Å². The third-order valence-electron chi connectivity index (χ3n) is 5.82. The molecule has 0 atom stereocenters. The van der Waals surface area contributed by atoms with Crippen LogP contribution in [0, 0.1) is 5.82 Å². The number of para-hydroxylation sites is 1. The molecule has 5 rings (SSSR count). The molecule has 0 radical (unpaired) electrons. The van der Waals surface area contributed by atoms with Crippen LogP contribution in [0.3, 0.4) is 0 Å². The van der Waals surface area contributed by atoms with Crippen LogP contribution < -0.4 is 5.32 Å². The summed E-state index contributed by atoms with van der Waals surface area (Å²) in [5.74, 6) is -1.57. The summed E-state index contributed by atoms with van der Waals surface area (Å²) in [5.41, 5.74) is 2.32. The van der Waals surface area contributed by atoms with Gasteiger partial charge < -0.3 is 9.88 Å². The second-order valence-corrected chi connectivity index (χ2v) is 9.33. The third kappa shape index (κ3) is 5.22. The highest BCUT2D eigenvalue weighted by molar-refractivity contribution is 8.18. The van der Waals surface area contributed by atoms with Crippen LogP contribution in [-0.4, -0.2) is 38.8 Å². The Hall–Kier alpha value is -4.50. The number of nitrogens with zero attached hydrogens (tertiary/aromatic N) is 2. The van der Waals surface area contributed by atoms with Crippen LogP contribution in [0.4, 0.5) is 14.9 Å². The second-order valence-electron chi connectivity index (χ2n) is 8.34. The van der Waals surface area contributed by atoms with Crippen molar-refractivity contribution >= 4 is 57.3 Å². The number of carbonyl (C=O) groups excluding carboxylic acids is 4. The average molecular weight is 514 g/mol. The van der Waals surface area contributed by atoms with Crippen LogP contribution in [0.5, 0.6) is 0 Å². The van der Waals surface area contributed by atoms with Gasteiger partial charge in [-0.15, -0.1) is 0 Å². The molecule has 0 spiro atoms. The number of halogens is 1. The normalized spacial score (nSPS) is 14.5. The Bertz CT molecular complexity index is 1560.